The van der Waals surface area contributed by atoms with Gasteiger partial charge in [0.1, 0.15) is 6.61 Å². The van der Waals surface area contributed by atoms with Crippen LogP contribution in [0.5, 0.6) is 0 Å². The Morgan fingerprint density at radius 3 is 2.57 bits per heavy atom. The molecule has 120 valence electrons. The Kier molecular flexibility index (Phi) is 5.54. The molecule has 2 rings (SSSR count). The Morgan fingerprint density at radius 2 is 1.87 bits per heavy atom. The third-order valence-electron chi connectivity index (χ3n) is 2.82. The summed E-state index contributed by atoms with van der Waals surface area (Å²) in [5.41, 5.74) is 1.62. The lowest BCUT2D eigenvalue weighted by atomic mass is 10.2. The highest BCUT2D eigenvalue weighted by Gasteiger charge is 2.08. The first-order chi connectivity index (χ1) is 10.9. The molecule has 0 fully saturated rings. The molecule has 0 unspecified atom stereocenters. The van der Waals surface area contributed by atoms with Gasteiger partial charge in [-0.05, 0) is 29.8 Å². The van der Waals surface area contributed by atoms with Crippen LogP contribution in [0.4, 0.5) is 5.69 Å². The van der Waals surface area contributed by atoms with E-state index in [4.69, 9.17) is 4.74 Å². The summed E-state index contributed by atoms with van der Waals surface area (Å²) in [4.78, 5) is 11.9. The molecule has 0 saturated carbocycles. The average molecular weight is 331 g/mol. The Balaban J connectivity index is 1.93. The molecule has 6 heteroatoms. The number of carbonyl (C=O) groups excluding carboxylic acids is 1. The minimum Gasteiger partial charge on any atom is -0.458 e. The molecule has 0 saturated heterocycles. The van der Waals surface area contributed by atoms with E-state index < -0.39 is 16.0 Å². The van der Waals surface area contributed by atoms with Crippen LogP contribution >= 0.6 is 0 Å². The number of hydrogen-bond acceptors (Lipinski definition) is 4. The van der Waals surface area contributed by atoms with Crippen LogP contribution < -0.4 is 4.72 Å². The minimum absolute atomic E-state index is 0.136. The van der Waals surface area contributed by atoms with Crippen LogP contribution in [0.3, 0.4) is 0 Å². The van der Waals surface area contributed by atoms with Gasteiger partial charge in [-0.15, -0.1) is 0 Å². The van der Waals surface area contributed by atoms with Gasteiger partial charge in [0.05, 0.1) is 11.8 Å². The van der Waals surface area contributed by atoms with Gasteiger partial charge >= 0.3 is 5.97 Å². The van der Waals surface area contributed by atoms with Gasteiger partial charge in [0.2, 0.25) is 10.0 Å². The van der Waals surface area contributed by atoms with Crippen molar-refractivity contribution in [2.45, 2.75) is 0 Å². The van der Waals surface area contributed by atoms with Crippen molar-refractivity contribution in [2.24, 2.45) is 0 Å². The molecule has 5 nitrogen and oxygen atoms in total. The van der Waals surface area contributed by atoms with Crippen LogP contribution in [0, 0.1) is 0 Å². The van der Waals surface area contributed by atoms with Gasteiger partial charge in [0.25, 0.3) is 0 Å². The number of esters is 1. The first-order valence-corrected chi connectivity index (χ1v) is 8.80. The maximum atomic E-state index is 11.9. The zero-order valence-corrected chi connectivity index (χ0v) is 13.4. The molecular formula is C17H17NO4S. The lowest BCUT2D eigenvalue weighted by molar-refractivity contribution is 0.0550. The number of hydrogen-bond donors (Lipinski definition) is 1. The van der Waals surface area contributed by atoms with Crippen molar-refractivity contribution in [2.75, 3.05) is 17.6 Å². The number of ether oxygens (including phenoxy) is 1. The fourth-order valence-corrected chi connectivity index (χ4v) is 2.43. The molecule has 0 amide bonds. The van der Waals surface area contributed by atoms with Crippen molar-refractivity contribution >= 4 is 27.8 Å². The predicted molar refractivity (Wildman–Crippen MR) is 90.7 cm³/mol. The molecule has 0 radical (unpaired) electrons. The first kappa shape index (κ1) is 16.8. The van der Waals surface area contributed by atoms with E-state index in [-0.39, 0.29) is 12.2 Å². The number of anilines is 1. The summed E-state index contributed by atoms with van der Waals surface area (Å²) in [6.07, 6.45) is 4.65. The van der Waals surface area contributed by atoms with Gasteiger partial charge in [-0.3, -0.25) is 4.72 Å². The Labute approximate surface area is 135 Å². The summed E-state index contributed by atoms with van der Waals surface area (Å²) >= 11 is 0. The van der Waals surface area contributed by atoms with Gasteiger partial charge in [0.15, 0.2) is 0 Å². The van der Waals surface area contributed by atoms with Crippen LogP contribution in [-0.4, -0.2) is 27.2 Å². The van der Waals surface area contributed by atoms with Gasteiger partial charge < -0.3 is 4.74 Å². The highest BCUT2D eigenvalue weighted by Crippen LogP contribution is 2.13. The van der Waals surface area contributed by atoms with Crippen molar-refractivity contribution < 1.29 is 17.9 Å². The van der Waals surface area contributed by atoms with Crippen molar-refractivity contribution in [3.63, 3.8) is 0 Å². The maximum Gasteiger partial charge on any atom is 0.338 e. The lowest BCUT2D eigenvalue weighted by Gasteiger charge is -2.06. The summed E-state index contributed by atoms with van der Waals surface area (Å²) < 4.78 is 29.8. The van der Waals surface area contributed by atoms with Crippen molar-refractivity contribution in [3.05, 3.63) is 71.8 Å². The van der Waals surface area contributed by atoms with Crippen LogP contribution in [-0.2, 0) is 14.8 Å². The summed E-state index contributed by atoms with van der Waals surface area (Å²) in [5.74, 6) is -0.514. The number of nitrogens with one attached hydrogen (secondary N) is 1. The SMILES string of the molecule is CS(=O)(=O)Nc1cccc(C(=O)OC/C=C/c2ccccc2)c1. The van der Waals surface area contributed by atoms with Crippen LogP contribution in [0.2, 0.25) is 0 Å². The zero-order valence-electron chi connectivity index (χ0n) is 12.6. The molecule has 0 bridgehead atoms. The van der Waals surface area contributed by atoms with E-state index >= 15 is 0 Å². The van der Waals surface area contributed by atoms with E-state index in [1.165, 1.54) is 6.07 Å². The summed E-state index contributed by atoms with van der Waals surface area (Å²) in [7, 11) is -3.38. The molecule has 0 aliphatic rings. The van der Waals surface area contributed by atoms with Crippen molar-refractivity contribution in [1.82, 2.24) is 0 Å². The summed E-state index contributed by atoms with van der Waals surface area (Å²) in [5, 5.41) is 0. The molecule has 0 aliphatic heterocycles. The number of rotatable bonds is 6. The van der Waals surface area contributed by atoms with E-state index in [9.17, 15) is 13.2 Å². The van der Waals surface area contributed by atoms with Gasteiger partial charge in [-0.2, -0.15) is 0 Å². The molecule has 23 heavy (non-hydrogen) atoms. The Bertz CT molecular complexity index is 798. The third kappa shape index (κ3) is 5.96. The normalized spacial score (nSPS) is 11.3. The van der Waals surface area contributed by atoms with Gasteiger partial charge in [0, 0.05) is 5.69 Å². The minimum atomic E-state index is -3.38. The fraction of sp³-hybridized carbons (Fsp3) is 0.118. The molecule has 0 spiro atoms. The van der Waals surface area contributed by atoms with E-state index in [1.54, 1.807) is 24.3 Å². The Hall–Kier alpha value is -2.60. The second kappa shape index (κ2) is 7.60. The molecule has 2 aromatic carbocycles. The average Bonchev–Trinajstić information content (AvgIpc) is 2.51. The van der Waals surface area contributed by atoms with E-state index in [1.807, 2.05) is 36.4 Å². The van der Waals surface area contributed by atoms with Gasteiger partial charge in [-0.25, -0.2) is 13.2 Å². The Morgan fingerprint density at radius 1 is 1.13 bits per heavy atom. The highest BCUT2D eigenvalue weighted by molar-refractivity contribution is 7.92. The van der Waals surface area contributed by atoms with Crippen molar-refractivity contribution in [1.29, 1.82) is 0 Å². The summed E-state index contributed by atoms with van der Waals surface area (Å²) in [6.45, 7) is 0.136. The van der Waals surface area contributed by atoms with Crippen LogP contribution in [0.1, 0.15) is 15.9 Å². The topological polar surface area (TPSA) is 72.5 Å². The summed E-state index contributed by atoms with van der Waals surface area (Å²) in [6, 6.07) is 15.8. The van der Waals surface area contributed by atoms with E-state index in [0.717, 1.165) is 11.8 Å². The second-order valence-corrected chi connectivity index (χ2v) is 6.62. The predicted octanol–water partition coefficient (Wildman–Crippen LogP) is 2.93. The van der Waals surface area contributed by atoms with Crippen molar-refractivity contribution in [3.8, 4) is 0 Å². The van der Waals surface area contributed by atoms with Gasteiger partial charge in [-0.1, -0.05) is 42.5 Å². The molecule has 0 aromatic heterocycles. The standard InChI is InChI=1S/C17H17NO4S/c1-23(20,21)18-16-11-5-10-15(13-16)17(19)22-12-6-9-14-7-3-2-4-8-14/h2-11,13,18H,12H2,1H3/b9-6+. The molecule has 0 aliphatic carbocycles. The lowest BCUT2D eigenvalue weighted by Crippen LogP contribution is -2.11. The molecule has 0 atom stereocenters. The number of carbonyl (C=O) groups is 1. The zero-order chi connectivity index (χ0) is 16.7. The fourth-order valence-electron chi connectivity index (χ4n) is 1.88. The quantitative estimate of drug-likeness (QED) is 0.826. The van der Waals surface area contributed by atoms with E-state index in [0.29, 0.717) is 5.69 Å². The molecular weight excluding hydrogens is 314 g/mol. The number of benzene rings is 2. The number of sulfonamides is 1. The molecule has 1 N–H and O–H groups in total. The molecule has 0 heterocycles. The maximum absolute atomic E-state index is 11.9. The first-order valence-electron chi connectivity index (χ1n) is 6.90. The third-order valence-corrected chi connectivity index (χ3v) is 3.43. The largest absolute Gasteiger partial charge is 0.458 e. The monoisotopic (exact) mass is 331 g/mol. The smallest absolute Gasteiger partial charge is 0.338 e. The van der Waals surface area contributed by atoms with Crippen LogP contribution in [0.15, 0.2) is 60.7 Å². The second-order valence-electron chi connectivity index (χ2n) is 4.87. The van der Waals surface area contributed by atoms with E-state index in [2.05, 4.69) is 4.72 Å². The molecule has 2 aromatic rings. The van der Waals surface area contributed by atoms with Crippen LogP contribution in [0.25, 0.3) is 6.08 Å². The highest BCUT2D eigenvalue weighted by atomic mass is 32.2.